The maximum Gasteiger partial charge on any atom is 0.261 e. The summed E-state index contributed by atoms with van der Waals surface area (Å²) in [5, 5.41) is 3.96. The van der Waals surface area contributed by atoms with Gasteiger partial charge in [-0.05, 0) is 23.3 Å². The van der Waals surface area contributed by atoms with Crippen LogP contribution in [0, 0.1) is 0 Å². The second-order valence-corrected chi connectivity index (χ2v) is 7.04. The van der Waals surface area contributed by atoms with Gasteiger partial charge in [-0.3, -0.25) is 19.5 Å². The Kier molecular flexibility index (Phi) is 5.68. The molecule has 0 saturated heterocycles. The van der Waals surface area contributed by atoms with Gasteiger partial charge in [0.2, 0.25) is 5.91 Å². The molecular weight excluding hydrogens is 376 g/mol. The molecule has 0 aliphatic heterocycles. The van der Waals surface area contributed by atoms with Crippen molar-refractivity contribution in [2.24, 2.45) is 5.73 Å². The fourth-order valence-corrected chi connectivity index (χ4v) is 3.58. The van der Waals surface area contributed by atoms with Gasteiger partial charge in [-0.1, -0.05) is 72.8 Å². The predicted molar refractivity (Wildman–Crippen MR) is 117 cm³/mol. The number of primary amides is 1. The van der Waals surface area contributed by atoms with Crippen LogP contribution in [0.5, 0.6) is 0 Å². The highest BCUT2D eigenvalue weighted by atomic mass is 16.2. The van der Waals surface area contributed by atoms with Crippen LogP contribution < -0.4 is 16.6 Å². The number of benzene rings is 3. The summed E-state index contributed by atoms with van der Waals surface area (Å²) >= 11 is 0. The molecule has 4 aromatic rings. The molecular formula is C24H22N4O2. The number of rotatable bonds is 7. The van der Waals surface area contributed by atoms with Gasteiger partial charge in [-0.25, -0.2) is 4.98 Å². The molecule has 0 bridgehead atoms. The molecule has 0 fully saturated rings. The molecule has 3 N–H and O–H groups in total. The Bertz CT molecular complexity index is 1180. The number of para-hydroxylation sites is 1. The third kappa shape index (κ3) is 4.14. The lowest BCUT2D eigenvalue weighted by Gasteiger charge is -2.21. The second-order valence-electron chi connectivity index (χ2n) is 7.04. The minimum Gasteiger partial charge on any atom is -0.368 e. The van der Waals surface area contributed by atoms with Crippen molar-refractivity contribution < 1.29 is 4.79 Å². The smallest absolute Gasteiger partial charge is 0.261 e. The first-order chi connectivity index (χ1) is 14.6. The lowest BCUT2D eigenvalue weighted by Crippen LogP contribution is -2.34. The van der Waals surface area contributed by atoms with Crippen LogP contribution in [0.15, 0.2) is 89.7 Å². The van der Waals surface area contributed by atoms with Crippen LogP contribution in [0.25, 0.3) is 10.9 Å². The Morgan fingerprint density at radius 2 is 1.47 bits per heavy atom. The first-order valence-corrected chi connectivity index (χ1v) is 9.73. The topological polar surface area (TPSA) is 90.0 Å². The van der Waals surface area contributed by atoms with E-state index in [0.29, 0.717) is 23.3 Å². The predicted octanol–water partition coefficient (Wildman–Crippen LogP) is 2.76. The van der Waals surface area contributed by atoms with Gasteiger partial charge in [0.25, 0.3) is 5.56 Å². The summed E-state index contributed by atoms with van der Waals surface area (Å²) in [6, 6.07) is 27.1. The number of nitrogens with zero attached hydrogens (tertiary/aromatic N) is 2. The molecule has 6 nitrogen and oxygen atoms in total. The van der Waals surface area contributed by atoms with Gasteiger partial charge >= 0.3 is 0 Å². The summed E-state index contributed by atoms with van der Waals surface area (Å²) in [5.74, 6) is -0.118. The Morgan fingerprint density at radius 3 is 2.07 bits per heavy atom. The van der Waals surface area contributed by atoms with Crippen molar-refractivity contribution in [3.05, 3.63) is 112 Å². The first kappa shape index (κ1) is 19.5. The standard InChI is InChI=1S/C24H22N4O2/c25-21(29)16-28-22(27-20-14-8-7-13-19(20)24(28)30)15-26-23(17-9-3-1-4-10-17)18-11-5-2-6-12-18/h1-14,23,26H,15-16H2,(H2,25,29). The number of carbonyl (C=O) groups excluding carboxylic acids is 1. The molecule has 0 aliphatic carbocycles. The summed E-state index contributed by atoms with van der Waals surface area (Å²) in [7, 11) is 0. The van der Waals surface area contributed by atoms with Crippen LogP contribution in [0.3, 0.4) is 0 Å². The van der Waals surface area contributed by atoms with Gasteiger partial charge in [0.15, 0.2) is 0 Å². The zero-order chi connectivity index (χ0) is 20.9. The molecule has 1 heterocycles. The van der Waals surface area contributed by atoms with Crippen molar-refractivity contribution in [1.82, 2.24) is 14.9 Å². The van der Waals surface area contributed by atoms with Crippen LogP contribution in [-0.4, -0.2) is 15.5 Å². The fourth-order valence-electron chi connectivity index (χ4n) is 3.58. The molecule has 30 heavy (non-hydrogen) atoms. The van der Waals surface area contributed by atoms with E-state index in [0.717, 1.165) is 11.1 Å². The maximum atomic E-state index is 13.0. The van der Waals surface area contributed by atoms with E-state index in [1.807, 2.05) is 42.5 Å². The Hall–Kier alpha value is -3.77. The van der Waals surface area contributed by atoms with Crippen molar-refractivity contribution in [2.45, 2.75) is 19.1 Å². The highest BCUT2D eigenvalue weighted by Crippen LogP contribution is 2.22. The number of hydrogen-bond acceptors (Lipinski definition) is 4. The van der Waals surface area contributed by atoms with Crippen LogP contribution >= 0.6 is 0 Å². The average Bonchev–Trinajstić information content (AvgIpc) is 2.78. The molecule has 150 valence electrons. The lowest BCUT2D eigenvalue weighted by atomic mass is 9.99. The molecule has 6 heteroatoms. The van der Waals surface area contributed by atoms with Crippen molar-refractivity contribution in [3.63, 3.8) is 0 Å². The highest BCUT2D eigenvalue weighted by molar-refractivity contribution is 5.78. The molecule has 4 rings (SSSR count). The number of aromatic nitrogens is 2. The molecule has 0 atom stereocenters. The van der Waals surface area contributed by atoms with Gasteiger partial charge in [-0.2, -0.15) is 0 Å². The normalized spacial score (nSPS) is 11.1. The molecule has 0 saturated carbocycles. The minimum atomic E-state index is -0.585. The maximum absolute atomic E-state index is 13.0. The van der Waals surface area contributed by atoms with Crippen molar-refractivity contribution in [1.29, 1.82) is 0 Å². The van der Waals surface area contributed by atoms with E-state index in [4.69, 9.17) is 5.73 Å². The fraction of sp³-hybridized carbons (Fsp3) is 0.125. The molecule has 0 radical (unpaired) electrons. The SMILES string of the molecule is NC(=O)Cn1c(CNC(c2ccccc2)c2ccccc2)nc2ccccc2c1=O. The van der Waals surface area contributed by atoms with Gasteiger partial charge in [-0.15, -0.1) is 0 Å². The lowest BCUT2D eigenvalue weighted by molar-refractivity contribution is -0.118. The third-order valence-corrected chi connectivity index (χ3v) is 4.98. The Balaban J connectivity index is 1.73. The number of fused-ring (bicyclic) bond motifs is 1. The molecule has 0 spiro atoms. The molecule has 0 unspecified atom stereocenters. The van der Waals surface area contributed by atoms with Gasteiger partial charge in [0.1, 0.15) is 12.4 Å². The van der Waals surface area contributed by atoms with Crippen LogP contribution in [-0.2, 0) is 17.9 Å². The first-order valence-electron chi connectivity index (χ1n) is 9.73. The Labute approximate surface area is 174 Å². The molecule has 3 aromatic carbocycles. The van der Waals surface area contributed by atoms with E-state index < -0.39 is 5.91 Å². The zero-order valence-corrected chi connectivity index (χ0v) is 16.4. The summed E-state index contributed by atoms with van der Waals surface area (Å²) in [6.45, 7) is 0.0802. The summed E-state index contributed by atoms with van der Waals surface area (Å²) in [6.07, 6.45) is 0. The van der Waals surface area contributed by atoms with Crippen molar-refractivity contribution in [2.75, 3.05) is 0 Å². The number of amides is 1. The number of nitrogens with one attached hydrogen (secondary N) is 1. The average molecular weight is 398 g/mol. The van der Waals surface area contributed by atoms with Crippen LogP contribution in [0.4, 0.5) is 0 Å². The zero-order valence-electron chi connectivity index (χ0n) is 16.4. The highest BCUT2D eigenvalue weighted by Gasteiger charge is 2.17. The van der Waals surface area contributed by atoms with Crippen molar-refractivity contribution >= 4 is 16.8 Å². The van der Waals surface area contributed by atoms with E-state index in [-0.39, 0.29) is 18.1 Å². The minimum absolute atomic E-state index is 0.0993. The molecule has 1 amide bonds. The van der Waals surface area contributed by atoms with Crippen molar-refractivity contribution in [3.8, 4) is 0 Å². The summed E-state index contributed by atoms with van der Waals surface area (Å²) in [5.41, 5.74) is 7.90. The number of carbonyl (C=O) groups is 1. The third-order valence-electron chi connectivity index (χ3n) is 4.98. The van der Waals surface area contributed by atoms with Gasteiger partial charge in [0, 0.05) is 0 Å². The number of nitrogens with two attached hydrogens (primary N) is 1. The van der Waals surface area contributed by atoms with Gasteiger partial charge < -0.3 is 5.73 Å². The van der Waals surface area contributed by atoms with Gasteiger partial charge in [0.05, 0.1) is 23.5 Å². The summed E-state index contributed by atoms with van der Waals surface area (Å²) < 4.78 is 1.35. The number of hydrogen-bond donors (Lipinski definition) is 2. The largest absolute Gasteiger partial charge is 0.368 e. The Morgan fingerprint density at radius 1 is 0.900 bits per heavy atom. The second kappa shape index (κ2) is 8.71. The van der Waals surface area contributed by atoms with E-state index in [9.17, 15) is 9.59 Å². The van der Waals surface area contributed by atoms with E-state index in [2.05, 4.69) is 34.6 Å². The molecule has 1 aromatic heterocycles. The monoisotopic (exact) mass is 398 g/mol. The van der Waals surface area contributed by atoms with Crippen LogP contribution in [0.1, 0.15) is 23.0 Å². The van der Waals surface area contributed by atoms with E-state index in [1.165, 1.54) is 4.57 Å². The quantitative estimate of drug-likeness (QED) is 0.501. The van der Waals surface area contributed by atoms with Crippen LogP contribution in [0.2, 0.25) is 0 Å². The molecule has 0 aliphatic rings. The van der Waals surface area contributed by atoms with E-state index in [1.54, 1.807) is 18.2 Å². The summed E-state index contributed by atoms with van der Waals surface area (Å²) in [4.78, 5) is 29.2. The van der Waals surface area contributed by atoms with E-state index >= 15 is 0 Å².